The summed E-state index contributed by atoms with van der Waals surface area (Å²) in [5.41, 5.74) is 0.740. The molecular weight excluding hydrogens is 310 g/mol. The van der Waals surface area contributed by atoms with Crippen molar-refractivity contribution < 1.29 is 14.1 Å². The predicted molar refractivity (Wildman–Crippen MR) is 88.6 cm³/mol. The fourth-order valence-electron chi connectivity index (χ4n) is 3.33. The number of piperidine rings is 1. The molecule has 8 nitrogen and oxygen atoms in total. The second-order valence-electron chi connectivity index (χ2n) is 6.66. The van der Waals surface area contributed by atoms with Crippen molar-refractivity contribution in [3.8, 4) is 0 Å². The fourth-order valence-corrected chi connectivity index (χ4v) is 3.33. The maximum absolute atomic E-state index is 12.3. The molecule has 0 saturated carbocycles. The minimum atomic E-state index is -0.216. The van der Waals surface area contributed by atoms with E-state index >= 15 is 0 Å². The Morgan fingerprint density at radius 3 is 2.79 bits per heavy atom. The summed E-state index contributed by atoms with van der Waals surface area (Å²) >= 11 is 0. The molecule has 132 valence electrons. The second-order valence-corrected chi connectivity index (χ2v) is 6.66. The number of aryl methyl sites for hydroxylation is 1. The first-order chi connectivity index (χ1) is 11.5. The summed E-state index contributed by atoms with van der Waals surface area (Å²) in [6, 6.07) is 1.54. The Bertz CT molecular complexity index is 594. The Hall–Kier alpha value is -2.09. The third-order valence-corrected chi connectivity index (χ3v) is 4.87. The highest BCUT2D eigenvalue weighted by molar-refractivity contribution is 5.93. The van der Waals surface area contributed by atoms with Gasteiger partial charge in [0, 0.05) is 25.7 Å². The molecule has 3 heterocycles. The van der Waals surface area contributed by atoms with Crippen LogP contribution in [0.5, 0.6) is 0 Å². The van der Waals surface area contributed by atoms with E-state index in [0.29, 0.717) is 11.8 Å². The van der Waals surface area contributed by atoms with Crippen LogP contribution in [0.2, 0.25) is 0 Å². The molecule has 2 aliphatic heterocycles. The van der Waals surface area contributed by atoms with Gasteiger partial charge in [-0.2, -0.15) is 0 Å². The van der Waals surface area contributed by atoms with Crippen molar-refractivity contribution >= 4 is 17.8 Å². The van der Waals surface area contributed by atoms with Crippen LogP contribution in [0, 0.1) is 12.8 Å². The molecule has 0 spiro atoms. The molecule has 1 aromatic heterocycles. The Morgan fingerprint density at radius 2 is 2.21 bits per heavy atom. The first kappa shape index (κ1) is 16.8. The third kappa shape index (κ3) is 3.87. The van der Waals surface area contributed by atoms with Crippen molar-refractivity contribution in [1.82, 2.24) is 20.3 Å². The molecule has 24 heavy (non-hydrogen) atoms. The van der Waals surface area contributed by atoms with Crippen molar-refractivity contribution in [2.75, 3.05) is 38.0 Å². The molecule has 2 N–H and O–H groups in total. The maximum atomic E-state index is 12.3. The van der Waals surface area contributed by atoms with Crippen LogP contribution in [0.25, 0.3) is 0 Å². The van der Waals surface area contributed by atoms with Gasteiger partial charge in [-0.05, 0) is 45.7 Å². The van der Waals surface area contributed by atoms with E-state index in [4.69, 9.17) is 4.52 Å². The van der Waals surface area contributed by atoms with E-state index in [2.05, 4.69) is 20.7 Å². The number of nitrogens with zero attached hydrogens (tertiary/aromatic N) is 3. The Labute approximate surface area is 141 Å². The molecule has 1 unspecified atom stereocenters. The monoisotopic (exact) mass is 335 g/mol. The quantitative estimate of drug-likeness (QED) is 0.839. The van der Waals surface area contributed by atoms with Gasteiger partial charge in [-0.25, -0.2) is 4.79 Å². The van der Waals surface area contributed by atoms with Crippen LogP contribution in [0.15, 0.2) is 10.6 Å². The van der Waals surface area contributed by atoms with E-state index in [-0.39, 0.29) is 18.0 Å². The Kier molecular flexibility index (Phi) is 5.03. The van der Waals surface area contributed by atoms with Crippen LogP contribution >= 0.6 is 0 Å². The maximum Gasteiger partial charge on any atom is 0.317 e. The lowest BCUT2D eigenvalue weighted by Crippen LogP contribution is -2.47. The van der Waals surface area contributed by atoms with Crippen LogP contribution in [0.1, 0.15) is 25.5 Å². The van der Waals surface area contributed by atoms with Crippen LogP contribution in [0.3, 0.4) is 0 Å². The van der Waals surface area contributed by atoms with E-state index in [1.807, 2.05) is 18.7 Å². The molecule has 0 aromatic carbocycles. The van der Waals surface area contributed by atoms with Gasteiger partial charge in [0.05, 0.1) is 11.7 Å². The second kappa shape index (κ2) is 7.21. The number of urea groups is 1. The number of anilines is 1. The average Bonchev–Trinajstić information content (AvgIpc) is 3.16. The first-order valence-electron chi connectivity index (χ1n) is 8.54. The lowest BCUT2D eigenvalue weighted by atomic mass is 9.95. The number of hydrogen-bond acceptors (Lipinski definition) is 5. The van der Waals surface area contributed by atoms with E-state index in [1.165, 1.54) is 0 Å². The highest BCUT2D eigenvalue weighted by atomic mass is 16.5. The molecule has 2 saturated heterocycles. The van der Waals surface area contributed by atoms with Gasteiger partial charge in [0.2, 0.25) is 11.8 Å². The van der Waals surface area contributed by atoms with Gasteiger partial charge in [0.1, 0.15) is 0 Å². The summed E-state index contributed by atoms with van der Waals surface area (Å²) in [4.78, 5) is 28.0. The largest absolute Gasteiger partial charge is 0.338 e. The molecule has 2 aliphatic rings. The third-order valence-electron chi connectivity index (χ3n) is 4.87. The van der Waals surface area contributed by atoms with Crippen LogP contribution < -0.4 is 10.6 Å². The van der Waals surface area contributed by atoms with Gasteiger partial charge >= 0.3 is 6.03 Å². The summed E-state index contributed by atoms with van der Waals surface area (Å²) in [6.45, 7) is 7.82. The average molecular weight is 335 g/mol. The van der Waals surface area contributed by atoms with Crippen molar-refractivity contribution in [3.63, 3.8) is 0 Å². The van der Waals surface area contributed by atoms with Gasteiger partial charge < -0.3 is 14.7 Å². The molecule has 8 heteroatoms. The van der Waals surface area contributed by atoms with Crippen LogP contribution in [-0.4, -0.2) is 65.7 Å². The molecular formula is C16H25N5O3. The number of nitrogens with one attached hydrogen (secondary N) is 2. The summed E-state index contributed by atoms with van der Waals surface area (Å²) in [5, 5.41) is 9.37. The smallest absolute Gasteiger partial charge is 0.317 e. The zero-order valence-corrected chi connectivity index (χ0v) is 14.2. The SMILES string of the molecule is Cc1cc(NC(=O)C(C)N2CCC(CN3CCNC3=O)CC2)on1. The van der Waals surface area contributed by atoms with Gasteiger partial charge in [0.25, 0.3) is 0 Å². The van der Waals surface area contributed by atoms with Crippen LogP contribution in [0.4, 0.5) is 10.7 Å². The molecule has 1 atom stereocenters. The lowest BCUT2D eigenvalue weighted by molar-refractivity contribution is -0.121. The number of carbonyl (C=O) groups excluding carboxylic acids is 2. The molecule has 0 aliphatic carbocycles. The Balaban J connectivity index is 1.45. The summed E-state index contributed by atoms with van der Waals surface area (Å²) in [6.07, 6.45) is 2.01. The zero-order valence-electron chi connectivity index (χ0n) is 14.2. The lowest BCUT2D eigenvalue weighted by Gasteiger charge is -2.36. The Morgan fingerprint density at radius 1 is 1.46 bits per heavy atom. The number of hydrogen-bond donors (Lipinski definition) is 2. The minimum Gasteiger partial charge on any atom is -0.338 e. The van der Waals surface area contributed by atoms with Crippen molar-refractivity contribution in [1.29, 1.82) is 0 Å². The summed E-state index contributed by atoms with van der Waals surface area (Å²) < 4.78 is 5.03. The predicted octanol–water partition coefficient (Wildman–Crippen LogP) is 1.05. The molecule has 2 fully saturated rings. The van der Waals surface area contributed by atoms with E-state index in [9.17, 15) is 9.59 Å². The van der Waals surface area contributed by atoms with Gasteiger partial charge in [-0.1, -0.05) is 5.16 Å². The van der Waals surface area contributed by atoms with E-state index in [1.54, 1.807) is 6.07 Å². The summed E-state index contributed by atoms with van der Waals surface area (Å²) in [5.74, 6) is 0.820. The first-order valence-corrected chi connectivity index (χ1v) is 8.54. The molecule has 3 amide bonds. The van der Waals surface area contributed by atoms with Gasteiger partial charge in [0.15, 0.2) is 0 Å². The fraction of sp³-hybridized carbons (Fsp3) is 0.688. The minimum absolute atomic E-state index is 0.0486. The number of likely N-dealkylation sites (tertiary alicyclic amines) is 1. The van der Waals surface area contributed by atoms with Crippen LogP contribution in [-0.2, 0) is 4.79 Å². The highest BCUT2D eigenvalue weighted by Crippen LogP contribution is 2.21. The molecule has 0 bridgehead atoms. The van der Waals surface area contributed by atoms with Crippen molar-refractivity contribution in [3.05, 3.63) is 11.8 Å². The number of aromatic nitrogens is 1. The summed E-state index contributed by atoms with van der Waals surface area (Å²) in [7, 11) is 0. The van der Waals surface area contributed by atoms with Crippen molar-refractivity contribution in [2.45, 2.75) is 32.7 Å². The van der Waals surface area contributed by atoms with E-state index < -0.39 is 0 Å². The molecule has 3 rings (SSSR count). The molecule has 1 aromatic rings. The van der Waals surface area contributed by atoms with Gasteiger partial charge in [-0.3, -0.25) is 15.0 Å². The van der Waals surface area contributed by atoms with Crippen molar-refractivity contribution in [2.24, 2.45) is 5.92 Å². The van der Waals surface area contributed by atoms with Gasteiger partial charge in [-0.15, -0.1) is 0 Å². The number of rotatable bonds is 5. The zero-order chi connectivity index (χ0) is 17.1. The topological polar surface area (TPSA) is 90.7 Å². The normalized spacial score (nSPS) is 20.9. The number of carbonyl (C=O) groups is 2. The van der Waals surface area contributed by atoms with E-state index in [0.717, 1.165) is 51.3 Å². The number of amides is 3. The standard InChI is InChI=1S/C16H25N5O3/c1-11-9-14(24-19-11)18-15(22)12(2)20-6-3-13(4-7-20)10-21-8-5-17-16(21)23/h9,12-13H,3-8,10H2,1-2H3,(H,17,23)(H,18,22). The molecule has 0 radical (unpaired) electrons. The highest BCUT2D eigenvalue weighted by Gasteiger charge is 2.29.